The van der Waals surface area contributed by atoms with Crippen LogP contribution in [-0.4, -0.2) is 9.97 Å². The van der Waals surface area contributed by atoms with Crippen LogP contribution in [0, 0.1) is 0 Å². The van der Waals surface area contributed by atoms with E-state index in [-0.39, 0.29) is 0 Å². The number of aromatic nitrogens is 2. The van der Waals surface area contributed by atoms with Gasteiger partial charge in [0.15, 0.2) is 0 Å². The smallest absolute Gasteiger partial charge is 0.125 e. The lowest BCUT2D eigenvalue weighted by Gasteiger charge is -2.17. The van der Waals surface area contributed by atoms with Crippen LogP contribution < -0.4 is 0 Å². The van der Waals surface area contributed by atoms with E-state index in [0.29, 0.717) is 0 Å². The van der Waals surface area contributed by atoms with E-state index >= 15 is 0 Å². The van der Waals surface area contributed by atoms with Crippen LogP contribution in [0.3, 0.4) is 0 Å². The summed E-state index contributed by atoms with van der Waals surface area (Å²) in [5.41, 5.74) is 18.9. The molecule has 0 N–H and O–H groups in total. The number of rotatable bonds is 6. The lowest BCUT2D eigenvalue weighted by molar-refractivity contribution is 1.42. The molecule has 0 aliphatic heterocycles. The highest BCUT2D eigenvalue weighted by Gasteiger charge is 2.42. The van der Waals surface area contributed by atoms with Gasteiger partial charge in [-0.1, -0.05) is 146 Å². The number of thiazole rings is 2. The van der Waals surface area contributed by atoms with Crippen molar-refractivity contribution in [3.8, 4) is 22.3 Å². The molecule has 4 heteroatoms. The largest absolute Gasteiger partial charge is 0.236 e. The van der Waals surface area contributed by atoms with Crippen molar-refractivity contribution in [1.29, 1.82) is 0 Å². The lowest BCUT2D eigenvalue weighted by atomic mass is 9.87. The van der Waals surface area contributed by atoms with Gasteiger partial charge in [-0.2, -0.15) is 0 Å². The monoisotopic (exact) mass is 722 g/mol. The molecule has 0 saturated carbocycles. The predicted octanol–water partition coefficient (Wildman–Crippen LogP) is 13.6. The van der Waals surface area contributed by atoms with Crippen molar-refractivity contribution in [3.63, 3.8) is 0 Å². The number of nitrogens with zero attached hydrogens (tertiary/aromatic N) is 2. The van der Waals surface area contributed by atoms with Crippen LogP contribution in [0.4, 0.5) is 0 Å². The molecule has 2 aliphatic carbocycles. The minimum Gasteiger partial charge on any atom is -0.236 e. The zero-order chi connectivity index (χ0) is 35.6. The summed E-state index contributed by atoms with van der Waals surface area (Å²) in [7, 11) is 0. The molecule has 0 unspecified atom stereocenters. The Kier molecular flexibility index (Phi) is 7.25. The Labute approximate surface area is 321 Å². The summed E-state index contributed by atoms with van der Waals surface area (Å²) in [4.78, 5) is 10.8. The molecular weight excluding hydrogens is 693 g/mol. The van der Waals surface area contributed by atoms with Crippen LogP contribution in [0.1, 0.15) is 32.3 Å². The van der Waals surface area contributed by atoms with Crippen LogP contribution in [0.2, 0.25) is 0 Å². The van der Waals surface area contributed by atoms with E-state index < -0.39 is 0 Å². The molecule has 2 heterocycles. The second-order valence-electron chi connectivity index (χ2n) is 13.6. The Morgan fingerprint density at radius 3 is 1.11 bits per heavy atom. The van der Waals surface area contributed by atoms with Gasteiger partial charge in [-0.3, -0.25) is 0 Å². The molecule has 2 aliphatic rings. The average Bonchev–Trinajstić information content (AvgIpc) is 4.01. The van der Waals surface area contributed by atoms with Crippen molar-refractivity contribution in [2.24, 2.45) is 0 Å². The first kappa shape index (κ1) is 31.1. The summed E-state index contributed by atoms with van der Waals surface area (Å²) in [5.74, 6) is 0. The molecule has 11 rings (SSSR count). The van der Waals surface area contributed by atoms with E-state index in [9.17, 15) is 0 Å². The molecule has 0 bridgehead atoms. The number of hydrogen-bond donors (Lipinski definition) is 0. The Balaban J connectivity index is 1.34. The first-order valence-corrected chi connectivity index (χ1v) is 19.8. The van der Waals surface area contributed by atoms with Crippen molar-refractivity contribution in [2.45, 2.75) is 0 Å². The number of benzene rings is 7. The number of allylic oxidation sites excluding steroid dienone is 5. The minimum absolute atomic E-state index is 1.02. The second-order valence-corrected chi connectivity index (χ2v) is 15.7. The van der Waals surface area contributed by atoms with E-state index in [1.807, 2.05) is 0 Å². The minimum atomic E-state index is 1.02. The van der Waals surface area contributed by atoms with Crippen molar-refractivity contribution < 1.29 is 0 Å². The van der Waals surface area contributed by atoms with Gasteiger partial charge in [0.2, 0.25) is 0 Å². The van der Waals surface area contributed by atoms with E-state index in [4.69, 9.17) is 9.97 Å². The molecule has 2 aromatic heterocycles. The van der Waals surface area contributed by atoms with Crippen LogP contribution in [-0.2, 0) is 0 Å². The highest BCUT2D eigenvalue weighted by Crippen LogP contribution is 2.63. The van der Waals surface area contributed by atoms with Crippen LogP contribution in [0.25, 0.3) is 70.6 Å². The van der Waals surface area contributed by atoms with E-state index in [1.54, 1.807) is 22.7 Å². The molecular formula is C50H30N2S2. The third kappa shape index (κ3) is 4.92. The molecule has 0 radical (unpaired) electrons. The van der Waals surface area contributed by atoms with Gasteiger partial charge in [-0.15, -0.1) is 22.7 Å². The maximum Gasteiger partial charge on any atom is 0.125 e. The molecule has 0 fully saturated rings. The molecule has 7 aromatic carbocycles. The summed E-state index contributed by atoms with van der Waals surface area (Å²) in [6.45, 7) is 0. The van der Waals surface area contributed by atoms with Crippen molar-refractivity contribution >= 4 is 71.0 Å². The fourth-order valence-electron chi connectivity index (χ4n) is 8.19. The van der Waals surface area contributed by atoms with Gasteiger partial charge in [-0.25, -0.2) is 9.97 Å². The Morgan fingerprint density at radius 1 is 0.278 bits per heavy atom. The van der Waals surface area contributed by atoms with Gasteiger partial charge in [0.25, 0.3) is 0 Å². The highest BCUT2D eigenvalue weighted by atomic mass is 32.1. The van der Waals surface area contributed by atoms with Gasteiger partial charge >= 0.3 is 0 Å². The summed E-state index contributed by atoms with van der Waals surface area (Å²) < 4.78 is 2.36. The second kappa shape index (κ2) is 12.6. The van der Waals surface area contributed by atoms with E-state index in [1.165, 1.54) is 87.3 Å². The average molecular weight is 723 g/mol. The van der Waals surface area contributed by atoms with Gasteiger partial charge in [0.1, 0.15) is 10.0 Å². The van der Waals surface area contributed by atoms with Crippen molar-refractivity contribution in [2.75, 3.05) is 0 Å². The standard InChI is InChI=1S/C50H30N2S2/c1-5-17-31(18-6-1)35-29-37-38(30-36(35)32-19-7-2-8-20-32)46(49-51-39-25-13-15-27-41(39)53-49)47-43(33-21-9-3-10-22-33)44(34-23-11-4-12-24-34)48(45(37)47)50-52-40-26-14-16-28-42(40)54-50/h1-30H. The molecule has 0 amide bonds. The maximum absolute atomic E-state index is 5.40. The molecule has 252 valence electrons. The summed E-state index contributed by atoms with van der Waals surface area (Å²) in [6, 6.07) is 65.4. The SMILES string of the molecule is c1ccc(C2=C(c3ccccc3)C(c3nc4ccccc4s3)=C3C2=C(c2nc4ccccc4s2)c2cc(-c4ccccc4)c(-c4ccccc4)cc23)cc1. The third-order valence-electron chi connectivity index (χ3n) is 10.5. The van der Waals surface area contributed by atoms with Gasteiger partial charge < -0.3 is 0 Å². The molecule has 0 spiro atoms. The first-order chi connectivity index (χ1) is 26.8. The fourth-order valence-corrected chi connectivity index (χ4v) is 10.2. The van der Waals surface area contributed by atoms with E-state index in [2.05, 4.69) is 182 Å². The van der Waals surface area contributed by atoms with Crippen LogP contribution in [0.15, 0.2) is 188 Å². The molecule has 0 atom stereocenters. The first-order valence-electron chi connectivity index (χ1n) is 18.2. The topological polar surface area (TPSA) is 25.8 Å². The maximum atomic E-state index is 5.40. The number of para-hydroxylation sites is 2. The lowest BCUT2D eigenvalue weighted by Crippen LogP contribution is -1.96. The zero-order valence-corrected chi connectivity index (χ0v) is 30.7. The van der Waals surface area contributed by atoms with Gasteiger partial charge in [-0.05, 0) is 86.5 Å². The normalized spacial score (nSPS) is 13.7. The van der Waals surface area contributed by atoms with Crippen molar-refractivity contribution in [1.82, 2.24) is 9.97 Å². The molecule has 9 aromatic rings. The van der Waals surface area contributed by atoms with Crippen LogP contribution >= 0.6 is 22.7 Å². The highest BCUT2D eigenvalue weighted by molar-refractivity contribution is 7.20. The zero-order valence-electron chi connectivity index (χ0n) is 29.0. The number of fused-ring (bicyclic) bond motifs is 5. The van der Waals surface area contributed by atoms with Crippen LogP contribution in [0.5, 0.6) is 0 Å². The Bertz CT molecular complexity index is 2940. The Morgan fingerprint density at radius 2 is 0.648 bits per heavy atom. The summed E-state index contributed by atoms with van der Waals surface area (Å²) in [5, 5.41) is 2.05. The fraction of sp³-hybridized carbons (Fsp3) is 0. The molecule has 0 saturated heterocycles. The quantitative estimate of drug-likeness (QED) is 0.171. The van der Waals surface area contributed by atoms with Gasteiger partial charge in [0, 0.05) is 27.9 Å². The predicted molar refractivity (Wildman–Crippen MR) is 229 cm³/mol. The molecule has 54 heavy (non-hydrogen) atoms. The molecule has 2 nitrogen and oxygen atoms in total. The van der Waals surface area contributed by atoms with E-state index in [0.717, 1.165) is 21.0 Å². The van der Waals surface area contributed by atoms with Crippen molar-refractivity contribution in [3.05, 3.63) is 220 Å². The van der Waals surface area contributed by atoms with Gasteiger partial charge in [0.05, 0.1) is 20.4 Å². The summed E-state index contributed by atoms with van der Waals surface area (Å²) in [6.07, 6.45) is 0. The third-order valence-corrected chi connectivity index (χ3v) is 12.6. The Hall–Kier alpha value is -6.46. The number of hydrogen-bond acceptors (Lipinski definition) is 4. The summed E-state index contributed by atoms with van der Waals surface area (Å²) >= 11 is 3.55.